The molecule has 2 nitrogen and oxygen atoms in total. The maximum Gasteiger partial charge on any atom is 0.182 e. The van der Waals surface area contributed by atoms with E-state index in [1.807, 2.05) is 12.1 Å². The van der Waals surface area contributed by atoms with Gasteiger partial charge in [0.05, 0.1) is 5.54 Å². The lowest BCUT2D eigenvalue weighted by molar-refractivity contribution is 0.0579. The SMILES string of the molecule is CCc1ccc(C(=O)C(C)(C)N2CCCCC2)cc1. The molecule has 19 heavy (non-hydrogen) atoms. The van der Waals surface area contributed by atoms with Gasteiger partial charge in [-0.3, -0.25) is 9.69 Å². The first-order valence-corrected chi connectivity index (χ1v) is 7.44. The highest BCUT2D eigenvalue weighted by Crippen LogP contribution is 2.24. The molecular weight excluding hydrogens is 234 g/mol. The van der Waals surface area contributed by atoms with Gasteiger partial charge in [-0.15, -0.1) is 0 Å². The van der Waals surface area contributed by atoms with E-state index in [2.05, 4.69) is 37.8 Å². The molecule has 0 N–H and O–H groups in total. The van der Waals surface area contributed by atoms with Crippen molar-refractivity contribution in [1.82, 2.24) is 4.90 Å². The van der Waals surface area contributed by atoms with Crippen LogP contribution >= 0.6 is 0 Å². The summed E-state index contributed by atoms with van der Waals surface area (Å²) in [5.41, 5.74) is 1.74. The minimum Gasteiger partial charge on any atom is -0.292 e. The topological polar surface area (TPSA) is 20.3 Å². The second-order valence-corrected chi connectivity index (χ2v) is 5.99. The van der Waals surface area contributed by atoms with E-state index in [0.29, 0.717) is 0 Å². The van der Waals surface area contributed by atoms with Gasteiger partial charge in [-0.2, -0.15) is 0 Å². The van der Waals surface area contributed by atoms with Crippen molar-refractivity contribution in [3.05, 3.63) is 35.4 Å². The fourth-order valence-electron chi connectivity index (χ4n) is 2.84. The molecule has 1 aliphatic heterocycles. The molecule has 0 aromatic heterocycles. The molecular formula is C17H25NO. The van der Waals surface area contributed by atoms with Gasteiger partial charge < -0.3 is 0 Å². The Labute approximate surface area is 116 Å². The lowest BCUT2D eigenvalue weighted by Crippen LogP contribution is -2.52. The van der Waals surface area contributed by atoms with Gasteiger partial charge in [0.25, 0.3) is 0 Å². The summed E-state index contributed by atoms with van der Waals surface area (Å²) in [4.78, 5) is 15.1. The Bertz CT molecular complexity index is 427. The van der Waals surface area contributed by atoms with E-state index < -0.39 is 0 Å². The minimum absolute atomic E-state index is 0.247. The molecule has 0 bridgehead atoms. The average molecular weight is 259 g/mol. The summed E-state index contributed by atoms with van der Waals surface area (Å²) in [5, 5.41) is 0. The Kier molecular flexibility index (Phi) is 4.41. The smallest absolute Gasteiger partial charge is 0.182 e. The molecule has 1 fully saturated rings. The molecule has 1 aromatic carbocycles. The van der Waals surface area contributed by atoms with Gasteiger partial charge in [-0.05, 0) is 51.8 Å². The minimum atomic E-state index is -0.381. The van der Waals surface area contributed by atoms with Gasteiger partial charge in [-0.25, -0.2) is 0 Å². The van der Waals surface area contributed by atoms with E-state index in [4.69, 9.17) is 0 Å². The second-order valence-electron chi connectivity index (χ2n) is 5.99. The maximum atomic E-state index is 12.7. The second kappa shape index (κ2) is 5.87. The third-order valence-electron chi connectivity index (χ3n) is 4.33. The molecule has 0 atom stereocenters. The van der Waals surface area contributed by atoms with Gasteiger partial charge in [-0.1, -0.05) is 37.6 Å². The zero-order valence-corrected chi connectivity index (χ0v) is 12.4. The first-order chi connectivity index (χ1) is 9.05. The lowest BCUT2D eigenvalue weighted by atomic mass is 9.89. The number of hydrogen-bond donors (Lipinski definition) is 0. The Balaban J connectivity index is 2.15. The maximum absolute atomic E-state index is 12.7. The van der Waals surface area contributed by atoms with Crippen LogP contribution < -0.4 is 0 Å². The van der Waals surface area contributed by atoms with Crippen LogP contribution in [0.5, 0.6) is 0 Å². The van der Waals surface area contributed by atoms with Crippen LogP contribution in [0.2, 0.25) is 0 Å². The number of carbonyl (C=O) groups is 1. The summed E-state index contributed by atoms with van der Waals surface area (Å²) in [5.74, 6) is 0.247. The number of ketones is 1. The summed E-state index contributed by atoms with van der Waals surface area (Å²) in [6.45, 7) is 8.36. The highest BCUT2D eigenvalue weighted by Gasteiger charge is 2.35. The fourth-order valence-corrected chi connectivity index (χ4v) is 2.84. The molecule has 1 saturated heterocycles. The van der Waals surface area contributed by atoms with E-state index in [1.165, 1.54) is 24.8 Å². The number of rotatable bonds is 4. The Hall–Kier alpha value is -1.15. The normalized spacial score (nSPS) is 17.4. The van der Waals surface area contributed by atoms with Gasteiger partial charge in [0, 0.05) is 5.56 Å². The molecule has 1 aromatic rings. The number of likely N-dealkylation sites (tertiary alicyclic amines) is 1. The summed E-state index contributed by atoms with van der Waals surface area (Å²) >= 11 is 0. The third-order valence-corrected chi connectivity index (χ3v) is 4.33. The molecule has 0 aliphatic carbocycles. The van der Waals surface area contributed by atoms with Gasteiger partial charge >= 0.3 is 0 Å². The van der Waals surface area contributed by atoms with Crippen molar-refractivity contribution in [2.24, 2.45) is 0 Å². The Morgan fingerprint density at radius 1 is 1.11 bits per heavy atom. The molecule has 0 radical (unpaired) electrons. The van der Waals surface area contributed by atoms with E-state index >= 15 is 0 Å². The molecule has 2 heteroatoms. The zero-order valence-electron chi connectivity index (χ0n) is 12.4. The highest BCUT2D eigenvalue weighted by molar-refractivity contribution is 6.02. The van der Waals surface area contributed by atoms with Crippen molar-refractivity contribution in [2.45, 2.75) is 52.0 Å². The summed E-state index contributed by atoms with van der Waals surface area (Å²) in [7, 11) is 0. The Morgan fingerprint density at radius 3 is 2.21 bits per heavy atom. The number of hydrogen-bond acceptors (Lipinski definition) is 2. The highest BCUT2D eigenvalue weighted by atomic mass is 16.1. The quantitative estimate of drug-likeness (QED) is 0.768. The molecule has 0 amide bonds. The molecule has 1 heterocycles. The van der Waals surface area contributed by atoms with Crippen LogP contribution in [0, 0.1) is 0 Å². The number of benzene rings is 1. The van der Waals surface area contributed by atoms with Crippen molar-refractivity contribution in [3.8, 4) is 0 Å². The van der Waals surface area contributed by atoms with Gasteiger partial charge in [0.15, 0.2) is 5.78 Å². The van der Waals surface area contributed by atoms with E-state index in [-0.39, 0.29) is 11.3 Å². The molecule has 0 unspecified atom stereocenters. The molecule has 1 aliphatic rings. The van der Waals surface area contributed by atoms with Crippen LogP contribution in [0.25, 0.3) is 0 Å². The number of Topliss-reactive ketones (excluding diaryl/α,β-unsaturated/α-hetero) is 1. The van der Waals surface area contributed by atoms with Crippen LogP contribution in [0.4, 0.5) is 0 Å². The molecule has 0 saturated carbocycles. The standard InChI is InChI=1S/C17H25NO/c1-4-14-8-10-15(11-9-14)16(19)17(2,3)18-12-6-5-7-13-18/h8-11H,4-7,12-13H2,1-3H3. The molecule has 0 spiro atoms. The number of piperidine rings is 1. The van der Waals surface area contributed by atoms with Gasteiger partial charge in [0.1, 0.15) is 0 Å². The van der Waals surface area contributed by atoms with Gasteiger partial charge in [0.2, 0.25) is 0 Å². The first-order valence-electron chi connectivity index (χ1n) is 7.44. The first kappa shape index (κ1) is 14.3. The van der Waals surface area contributed by atoms with Crippen LogP contribution in [0.3, 0.4) is 0 Å². The monoisotopic (exact) mass is 259 g/mol. The van der Waals surface area contributed by atoms with Crippen molar-refractivity contribution < 1.29 is 4.79 Å². The number of carbonyl (C=O) groups excluding carboxylic acids is 1. The fraction of sp³-hybridized carbons (Fsp3) is 0.588. The van der Waals surface area contributed by atoms with Crippen molar-refractivity contribution in [3.63, 3.8) is 0 Å². The van der Waals surface area contributed by atoms with Crippen molar-refractivity contribution >= 4 is 5.78 Å². The summed E-state index contributed by atoms with van der Waals surface area (Å²) in [6.07, 6.45) is 4.74. The van der Waals surface area contributed by atoms with E-state index in [0.717, 1.165) is 25.1 Å². The zero-order chi connectivity index (χ0) is 13.9. The summed E-state index contributed by atoms with van der Waals surface area (Å²) in [6, 6.07) is 8.10. The molecule has 2 rings (SSSR count). The predicted molar refractivity (Wildman–Crippen MR) is 79.7 cm³/mol. The van der Waals surface area contributed by atoms with Crippen molar-refractivity contribution in [2.75, 3.05) is 13.1 Å². The van der Waals surface area contributed by atoms with E-state index in [9.17, 15) is 4.79 Å². The van der Waals surface area contributed by atoms with Crippen LogP contribution in [-0.4, -0.2) is 29.3 Å². The van der Waals surface area contributed by atoms with Crippen LogP contribution in [0.1, 0.15) is 56.0 Å². The predicted octanol–water partition coefficient (Wildman–Crippen LogP) is 3.70. The number of aryl methyl sites for hydroxylation is 1. The van der Waals surface area contributed by atoms with E-state index in [1.54, 1.807) is 0 Å². The van der Waals surface area contributed by atoms with Crippen LogP contribution in [-0.2, 0) is 6.42 Å². The lowest BCUT2D eigenvalue weighted by Gasteiger charge is -2.39. The Morgan fingerprint density at radius 2 is 1.68 bits per heavy atom. The van der Waals surface area contributed by atoms with Crippen LogP contribution in [0.15, 0.2) is 24.3 Å². The largest absolute Gasteiger partial charge is 0.292 e. The van der Waals surface area contributed by atoms with Crippen molar-refractivity contribution in [1.29, 1.82) is 0 Å². The third kappa shape index (κ3) is 3.06. The average Bonchev–Trinajstić information content (AvgIpc) is 2.47. The number of nitrogens with zero attached hydrogens (tertiary/aromatic N) is 1. The summed E-state index contributed by atoms with van der Waals surface area (Å²) < 4.78 is 0. The molecule has 104 valence electrons.